The van der Waals surface area contributed by atoms with Gasteiger partial charge in [-0.1, -0.05) is 17.3 Å². The van der Waals surface area contributed by atoms with Crippen LogP contribution in [-0.4, -0.2) is 28.2 Å². The van der Waals surface area contributed by atoms with E-state index >= 15 is 0 Å². The number of alkyl halides is 3. The number of carbonyl (C=O) groups is 1. The van der Waals surface area contributed by atoms with Gasteiger partial charge in [0, 0.05) is 25.0 Å². The molecule has 0 bridgehead atoms. The predicted octanol–water partition coefficient (Wildman–Crippen LogP) is 3.87. The smallest absolute Gasteiger partial charge is 0.416 e. The summed E-state index contributed by atoms with van der Waals surface area (Å²) in [5, 5.41) is 6.71. The van der Waals surface area contributed by atoms with Crippen molar-refractivity contribution in [3.8, 4) is 5.75 Å². The number of allylic oxidation sites excluding steroid dienone is 2. The SMILES string of the molecule is CC1(Oc2ccc(C(F)(F)F)cc2)C=CC(c2noc([C@@H]3CNC(=O)C3)n2)=CC1. The Morgan fingerprint density at radius 1 is 1.28 bits per heavy atom. The Morgan fingerprint density at radius 3 is 2.62 bits per heavy atom. The standard InChI is InChI=1S/C20H18F3N3O3/c1-19(28-15-4-2-14(3-5-15)20(21,22)23)8-6-12(7-9-19)17-25-18(29-26-17)13-10-16(27)24-11-13/h2-8,13H,9-11H2,1H3,(H,24,27)/t13-,19?/m0/s1. The van der Waals surface area contributed by atoms with Crippen molar-refractivity contribution < 1.29 is 27.2 Å². The Bertz CT molecular complexity index is 979. The third kappa shape index (κ3) is 4.18. The summed E-state index contributed by atoms with van der Waals surface area (Å²) in [4.78, 5) is 15.7. The van der Waals surface area contributed by atoms with Crippen molar-refractivity contribution >= 4 is 11.5 Å². The number of amides is 1. The quantitative estimate of drug-likeness (QED) is 0.836. The van der Waals surface area contributed by atoms with Crippen LogP contribution in [0.4, 0.5) is 13.2 Å². The number of halogens is 3. The highest BCUT2D eigenvalue weighted by molar-refractivity contribution is 5.79. The van der Waals surface area contributed by atoms with Gasteiger partial charge >= 0.3 is 6.18 Å². The van der Waals surface area contributed by atoms with E-state index in [1.54, 1.807) is 6.08 Å². The van der Waals surface area contributed by atoms with Crippen molar-refractivity contribution in [3.05, 3.63) is 59.8 Å². The van der Waals surface area contributed by atoms with E-state index in [9.17, 15) is 18.0 Å². The van der Waals surface area contributed by atoms with Crippen molar-refractivity contribution in [2.75, 3.05) is 6.54 Å². The minimum absolute atomic E-state index is 0.0392. The van der Waals surface area contributed by atoms with Gasteiger partial charge in [0.15, 0.2) is 0 Å². The van der Waals surface area contributed by atoms with Crippen LogP contribution in [0.5, 0.6) is 5.75 Å². The monoisotopic (exact) mass is 405 g/mol. The molecule has 1 amide bonds. The zero-order valence-electron chi connectivity index (χ0n) is 15.5. The van der Waals surface area contributed by atoms with Crippen LogP contribution in [0.25, 0.3) is 5.57 Å². The molecular formula is C20H18F3N3O3. The molecule has 2 atom stereocenters. The topological polar surface area (TPSA) is 77.3 Å². The van der Waals surface area contributed by atoms with Gasteiger partial charge in [0.2, 0.25) is 17.6 Å². The van der Waals surface area contributed by atoms with E-state index in [-0.39, 0.29) is 11.8 Å². The Morgan fingerprint density at radius 2 is 2.03 bits per heavy atom. The van der Waals surface area contributed by atoms with Crippen molar-refractivity contribution in [1.29, 1.82) is 0 Å². The lowest BCUT2D eigenvalue weighted by molar-refractivity contribution is -0.137. The number of hydrogen-bond donors (Lipinski definition) is 1. The molecule has 9 heteroatoms. The van der Waals surface area contributed by atoms with Crippen LogP contribution < -0.4 is 10.1 Å². The Kier molecular flexibility index (Phi) is 4.68. The summed E-state index contributed by atoms with van der Waals surface area (Å²) >= 11 is 0. The second kappa shape index (κ2) is 7.06. The van der Waals surface area contributed by atoms with Gasteiger partial charge in [-0.2, -0.15) is 18.2 Å². The van der Waals surface area contributed by atoms with E-state index in [0.717, 1.165) is 17.7 Å². The lowest BCUT2D eigenvalue weighted by Crippen LogP contribution is -2.30. The van der Waals surface area contributed by atoms with E-state index < -0.39 is 17.3 Å². The summed E-state index contributed by atoms with van der Waals surface area (Å²) in [6.45, 7) is 2.32. The minimum atomic E-state index is -4.38. The van der Waals surface area contributed by atoms with Gasteiger partial charge in [0.1, 0.15) is 11.4 Å². The summed E-state index contributed by atoms with van der Waals surface area (Å²) in [6.07, 6.45) is 1.92. The highest BCUT2D eigenvalue weighted by atomic mass is 19.4. The van der Waals surface area contributed by atoms with Crippen molar-refractivity contribution in [2.24, 2.45) is 0 Å². The lowest BCUT2D eigenvalue weighted by atomic mass is 9.93. The molecule has 1 aromatic heterocycles. The second-order valence-electron chi connectivity index (χ2n) is 7.30. The van der Waals surface area contributed by atoms with Gasteiger partial charge in [0.25, 0.3) is 0 Å². The van der Waals surface area contributed by atoms with Crippen molar-refractivity contribution in [2.45, 2.75) is 37.5 Å². The Balaban J connectivity index is 1.42. The van der Waals surface area contributed by atoms with E-state index in [2.05, 4.69) is 15.5 Å². The molecule has 1 aliphatic carbocycles. The van der Waals surface area contributed by atoms with Gasteiger partial charge in [-0.25, -0.2) is 0 Å². The molecule has 1 unspecified atom stereocenters. The zero-order chi connectivity index (χ0) is 20.6. The summed E-state index contributed by atoms with van der Waals surface area (Å²) < 4.78 is 49.2. The molecule has 2 aliphatic rings. The maximum Gasteiger partial charge on any atom is 0.416 e. The van der Waals surface area contributed by atoms with Gasteiger partial charge < -0.3 is 14.6 Å². The molecule has 0 radical (unpaired) electrons. The molecule has 2 heterocycles. The highest BCUT2D eigenvalue weighted by Gasteiger charge is 2.32. The zero-order valence-corrected chi connectivity index (χ0v) is 15.5. The number of aromatic nitrogens is 2. The van der Waals surface area contributed by atoms with Gasteiger partial charge in [-0.05, 0) is 37.3 Å². The fraction of sp³-hybridized carbons (Fsp3) is 0.350. The third-order valence-electron chi connectivity index (χ3n) is 4.90. The number of nitrogens with one attached hydrogen (secondary N) is 1. The first-order chi connectivity index (χ1) is 13.7. The number of rotatable bonds is 4. The maximum atomic E-state index is 12.7. The molecule has 1 N–H and O–H groups in total. The number of benzene rings is 1. The van der Waals surface area contributed by atoms with Crippen LogP contribution in [-0.2, 0) is 11.0 Å². The summed E-state index contributed by atoms with van der Waals surface area (Å²) in [6, 6.07) is 4.61. The average molecular weight is 405 g/mol. The first-order valence-electron chi connectivity index (χ1n) is 9.08. The molecule has 1 aliphatic heterocycles. The first kappa shape index (κ1) is 19.2. The molecule has 4 rings (SSSR count). The van der Waals surface area contributed by atoms with E-state index in [1.807, 2.05) is 19.1 Å². The predicted molar refractivity (Wildman–Crippen MR) is 96.9 cm³/mol. The number of hydrogen-bond acceptors (Lipinski definition) is 5. The normalized spacial score (nSPS) is 24.3. The first-order valence-corrected chi connectivity index (χ1v) is 9.08. The summed E-state index contributed by atoms with van der Waals surface area (Å²) in [5.74, 6) is 1.03. The molecule has 0 saturated carbocycles. The van der Waals surface area contributed by atoms with E-state index in [1.165, 1.54) is 12.1 Å². The molecule has 0 spiro atoms. The van der Waals surface area contributed by atoms with Gasteiger partial charge in [-0.3, -0.25) is 4.79 Å². The van der Waals surface area contributed by atoms with Gasteiger partial charge in [0.05, 0.1) is 11.5 Å². The number of carbonyl (C=O) groups excluding carboxylic acids is 1. The molecular weight excluding hydrogens is 387 g/mol. The van der Waals surface area contributed by atoms with Crippen LogP contribution in [0.3, 0.4) is 0 Å². The Hall–Kier alpha value is -3.10. The third-order valence-corrected chi connectivity index (χ3v) is 4.90. The van der Waals surface area contributed by atoms with Crippen LogP contribution in [0.1, 0.15) is 43.0 Å². The maximum absolute atomic E-state index is 12.7. The van der Waals surface area contributed by atoms with Crippen molar-refractivity contribution in [3.63, 3.8) is 0 Å². The summed E-state index contributed by atoms with van der Waals surface area (Å²) in [7, 11) is 0. The fourth-order valence-electron chi connectivity index (χ4n) is 3.24. The molecule has 6 nitrogen and oxygen atoms in total. The van der Waals surface area contributed by atoms with Crippen molar-refractivity contribution in [1.82, 2.24) is 15.5 Å². The molecule has 29 heavy (non-hydrogen) atoms. The van der Waals surface area contributed by atoms with E-state index in [4.69, 9.17) is 9.26 Å². The average Bonchev–Trinajstić information content (AvgIpc) is 3.31. The molecule has 152 valence electrons. The molecule has 1 fully saturated rings. The lowest BCUT2D eigenvalue weighted by Gasteiger charge is -2.29. The van der Waals surface area contributed by atoms with Crippen LogP contribution in [0.2, 0.25) is 0 Å². The van der Waals surface area contributed by atoms with Crippen LogP contribution in [0, 0.1) is 0 Å². The number of nitrogens with zero attached hydrogens (tertiary/aromatic N) is 2. The van der Waals surface area contributed by atoms with Gasteiger partial charge in [-0.15, -0.1) is 0 Å². The second-order valence-corrected chi connectivity index (χ2v) is 7.30. The molecule has 1 saturated heterocycles. The highest BCUT2D eigenvalue weighted by Crippen LogP contribution is 2.33. The summed E-state index contributed by atoms with van der Waals surface area (Å²) in [5.41, 5.74) is -0.674. The Labute approximate surface area is 164 Å². The number of ether oxygens (including phenoxy) is 1. The van der Waals surface area contributed by atoms with Crippen LogP contribution in [0.15, 0.2) is 47.0 Å². The molecule has 1 aromatic carbocycles. The molecule has 2 aromatic rings. The van der Waals surface area contributed by atoms with Crippen LogP contribution >= 0.6 is 0 Å². The largest absolute Gasteiger partial charge is 0.483 e. The van der Waals surface area contributed by atoms with E-state index in [0.29, 0.717) is 36.9 Å². The fourth-order valence-corrected chi connectivity index (χ4v) is 3.24. The minimum Gasteiger partial charge on any atom is -0.483 e.